The molecule has 0 fully saturated rings. The van der Waals surface area contributed by atoms with Gasteiger partial charge < -0.3 is 10.4 Å². The molecule has 2 aromatic carbocycles. The van der Waals surface area contributed by atoms with E-state index in [4.69, 9.17) is 5.11 Å². The van der Waals surface area contributed by atoms with E-state index in [0.29, 0.717) is 0 Å². The fourth-order valence-corrected chi connectivity index (χ4v) is 2.15. The summed E-state index contributed by atoms with van der Waals surface area (Å²) < 4.78 is 0. The van der Waals surface area contributed by atoms with Gasteiger partial charge in [-0.1, -0.05) is 60.7 Å². The lowest BCUT2D eigenvalue weighted by molar-refractivity contribution is -0.131. The van der Waals surface area contributed by atoms with Gasteiger partial charge in [0, 0.05) is 11.6 Å². The Morgan fingerprint density at radius 1 is 0.955 bits per heavy atom. The molecule has 0 spiro atoms. The normalized spacial score (nSPS) is 11.3. The molecule has 0 aromatic heterocycles. The Hall–Kier alpha value is -2.88. The molecule has 4 heteroatoms. The highest BCUT2D eigenvalue weighted by molar-refractivity contribution is 5.98. The number of hydrogen-bond acceptors (Lipinski definition) is 2. The van der Waals surface area contributed by atoms with Gasteiger partial charge in [0.2, 0.25) is 5.91 Å². The number of rotatable bonds is 5. The Kier molecular flexibility index (Phi) is 5.09. The molecule has 0 unspecified atom stereocenters. The maximum atomic E-state index is 12.2. The van der Waals surface area contributed by atoms with Crippen molar-refractivity contribution in [3.63, 3.8) is 0 Å². The van der Waals surface area contributed by atoms with Crippen molar-refractivity contribution in [1.29, 1.82) is 0 Å². The monoisotopic (exact) mass is 295 g/mol. The number of carboxylic acid groups (broad SMARTS) is 1. The molecule has 0 saturated heterocycles. The van der Waals surface area contributed by atoms with Crippen LogP contribution in [-0.2, 0) is 9.59 Å². The van der Waals surface area contributed by atoms with Gasteiger partial charge in [0.25, 0.3) is 0 Å². The Labute approximate surface area is 129 Å². The van der Waals surface area contributed by atoms with E-state index in [1.807, 2.05) is 60.7 Å². The summed E-state index contributed by atoms with van der Waals surface area (Å²) >= 11 is 0. The van der Waals surface area contributed by atoms with Gasteiger partial charge in [0.15, 0.2) is 0 Å². The van der Waals surface area contributed by atoms with Gasteiger partial charge in [0.05, 0.1) is 6.04 Å². The highest BCUT2D eigenvalue weighted by atomic mass is 16.4. The number of hydrogen-bond donors (Lipinski definition) is 2. The highest BCUT2D eigenvalue weighted by Crippen LogP contribution is 2.22. The third-order valence-corrected chi connectivity index (χ3v) is 3.24. The number of carboxylic acids is 1. The predicted molar refractivity (Wildman–Crippen MR) is 84.3 cm³/mol. The van der Waals surface area contributed by atoms with E-state index in [1.165, 1.54) is 6.92 Å². The van der Waals surface area contributed by atoms with Crippen molar-refractivity contribution in [2.45, 2.75) is 13.0 Å². The topological polar surface area (TPSA) is 66.4 Å². The zero-order chi connectivity index (χ0) is 15.9. The fourth-order valence-electron chi connectivity index (χ4n) is 2.15. The van der Waals surface area contributed by atoms with Crippen LogP contribution in [0.2, 0.25) is 0 Å². The number of aliphatic carboxylic acids is 1. The van der Waals surface area contributed by atoms with E-state index >= 15 is 0 Å². The zero-order valence-corrected chi connectivity index (χ0v) is 12.2. The van der Waals surface area contributed by atoms with E-state index in [9.17, 15) is 9.59 Å². The summed E-state index contributed by atoms with van der Waals surface area (Å²) in [4.78, 5) is 22.9. The van der Waals surface area contributed by atoms with E-state index in [1.54, 1.807) is 0 Å². The smallest absolute Gasteiger partial charge is 0.328 e. The summed E-state index contributed by atoms with van der Waals surface area (Å²) in [7, 11) is 0. The lowest BCUT2D eigenvalue weighted by Gasteiger charge is -2.20. The SMILES string of the molecule is C/C(=C/C(=O)O)C(=O)NC(c1ccccc1)c1ccccc1. The number of nitrogens with one attached hydrogen (secondary N) is 1. The molecule has 22 heavy (non-hydrogen) atoms. The lowest BCUT2D eigenvalue weighted by atomic mass is 9.98. The van der Waals surface area contributed by atoms with E-state index < -0.39 is 11.9 Å². The molecule has 0 heterocycles. The molecule has 0 aliphatic heterocycles. The molecular weight excluding hydrogens is 278 g/mol. The number of amides is 1. The third-order valence-electron chi connectivity index (χ3n) is 3.24. The molecule has 1 amide bonds. The van der Waals surface area contributed by atoms with Crippen LogP contribution in [0, 0.1) is 0 Å². The lowest BCUT2D eigenvalue weighted by Crippen LogP contribution is -2.30. The summed E-state index contributed by atoms with van der Waals surface area (Å²) in [5.74, 6) is -1.54. The summed E-state index contributed by atoms with van der Waals surface area (Å²) in [6.45, 7) is 1.48. The summed E-state index contributed by atoms with van der Waals surface area (Å²) in [6, 6.07) is 18.8. The first-order valence-electron chi connectivity index (χ1n) is 6.90. The molecule has 0 aliphatic rings. The molecule has 0 radical (unpaired) electrons. The van der Waals surface area contributed by atoms with Crippen LogP contribution in [0.4, 0.5) is 0 Å². The van der Waals surface area contributed by atoms with Gasteiger partial charge in [0.1, 0.15) is 0 Å². The first-order chi connectivity index (χ1) is 10.6. The summed E-state index contributed by atoms with van der Waals surface area (Å²) in [5.41, 5.74) is 2.03. The predicted octanol–water partition coefficient (Wildman–Crippen LogP) is 2.92. The van der Waals surface area contributed by atoms with Crippen LogP contribution in [0.25, 0.3) is 0 Å². The van der Waals surface area contributed by atoms with E-state index in [2.05, 4.69) is 5.32 Å². The maximum absolute atomic E-state index is 12.2. The molecule has 4 nitrogen and oxygen atoms in total. The van der Waals surface area contributed by atoms with Gasteiger partial charge >= 0.3 is 5.97 Å². The molecule has 2 aromatic rings. The quantitative estimate of drug-likeness (QED) is 0.833. The minimum atomic E-state index is -1.14. The Morgan fingerprint density at radius 2 is 1.41 bits per heavy atom. The standard InChI is InChI=1S/C18H17NO3/c1-13(12-16(20)21)18(22)19-17(14-8-4-2-5-9-14)15-10-6-3-7-11-15/h2-12,17H,1H3,(H,19,22)(H,20,21)/b13-12-. The maximum Gasteiger partial charge on any atom is 0.328 e. The van der Waals surface area contributed by atoms with E-state index in [0.717, 1.165) is 17.2 Å². The Morgan fingerprint density at radius 3 is 1.82 bits per heavy atom. The van der Waals surface area contributed by atoms with E-state index in [-0.39, 0.29) is 11.6 Å². The van der Waals surface area contributed by atoms with Crippen LogP contribution in [0.5, 0.6) is 0 Å². The molecule has 0 atom stereocenters. The van der Waals surface area contributed by atoms with Crippen molar-refractivity contribution in [2.75, 3.05) is 0 Å². The van der Waals surface area contributed by atoms with Crippen molar-refractivity contribution in [1.82, 2.24) is 5.32 Å². The number of carbonyl (C=O) groups is 2. The average Bonchev–Trinajstić information content (AvgIpc) is 2.53. The largest absolute Gasteiger partial charge is 0.478 e. The second-order valence-electron chi connectivity index (χ2n) is 4.89. The molecule has 0 saturated carbocycles. The minimum absolute atomic E-state index is 0.157. The van der Waals surface area contributed by atoms with Crippen LogP contribution in [0.3, 0.4) is 0 Å². The highest BCUT2D eigenvalue weighted by Gasteiger charge is 2.17. The third kappa shape index (κ3) is 4.06. The van der Waals surface area contributed by atoms with Gasteiger partial charge in [-0.05, 0) is 18.1 Å². The van der Waals surface area contributed by atoms with Crippen LogP contribution < -0.4 is 5.32 Å². The fraction of sp³-hybridized carbons (Fsp3) is 0.111. The summed E-state index contributed by atoms with van der Waals surface area (Å²) in [5, 5.41) is 11.6. The van der Waals surface area contributed by atoms with Gasteiger partial charge in [-0.2, -0.15) is 0 Å². The number of carbonyl (C=O) groups excluding carboxylic acids is 1. The molecule has 2 N–H and O–H groups in total. The first-order valence-corrected chi connectivity index (χ1v) is 6.90. The van der Waals surface area contributed by atoms with Crippen molar-refractivity contribution in [2.24, 2.45) is 0 Å². The Bertz CT molecular complexity index is 638. The van der Waals surface area contributed by atoms with Crippen molar-refractivity contribution >= 4 is 11.9 Å². The molecule has 2 rings (SSSR count). The first kappa shape index (κ1) is 15.5. The van der Waals surface area contributed by atoms with Crippen LogP contribution in [0.1, 0.15) is 24.1 Å². The molecule has 112 valence electrons. The molecule has 0 aliphatic carbocycles. The average molecular weight is 295 g/mol. The zero-order valence-electron chi connectivity index (χ0n) is 12.2. The van der Waals surface area contributed by atoms with Crippen LogP contribution in [-0.4, -0.2) is 17.0 Å². The van der Waals surface area contributed by atoms with Gasteiger partial charge in [-0.3, -0.25) is 4.79 Å². The Balaban J connectivity index is 2.31. The molecule has 0 bridgehead atoms. The van der Waals surface area contributed by atoms with Gasteiger partial charge in [-0.15, -0.1) is 0 Å². The van der Waals surface area contributed by atoms with Crippen LogP contribution in [0.15, 0.2) is 72.3 Å². The number of benzene rings is 2. The molecular formula is C18H17NO3. The second kappa shape index (κ2) is 7.22. The summed E-state index contributed by atoms with van der Waals surface area (Å²) in [6.07, 6.45) is 0.905. The minimum Gasteiger partial charge on any atom is -0.478 e. The van der Waals surface area contributed by atoms with Crippen LogP contribution >= 0.6 is 0 Å². The second-order valence-corrected chi connectivity index (χ2v) is 4.89. The van der Waals surface area contributed by atoms with Crippen molar-refractivity contribution in [3.05, 3.63) is 83.4 Å². The van der Waals surface area contributed by atoms with Gasteiger partial charge in [-0.25, -0.2) is 4.79 Å². The van der Waals surface area contributed by atoms with Crippen molar-refractivity contribution in [3.8, 4) is 0 Å². The van der Waals surface area contributed by atoms with Crippen molar-refractivity contribution < 1.29 is 14.7 Å².